The van der Waals surface area contributed by atoms with E-state index in [4.69, 9.17) is 10.8 Å². The molecule has 13 heavy (non-hydrogen) atoms. The zero-order chi connectivity index (χ0) is 9.84. The molecule has 0 saturated heterocycles. The average molecular weight is 184 g/mol. The number of carbonyl (C=O) groups excluding carboxylic acids is 1. The van der Waals surface area contributed by atoms with Crippen molar-refractivity contribution in [3.8, 4) is 0 Å². The summed E-state index contributed by atoms with van der Waals surface area (Å²) in [4.78, 5) is 11.3. The molecule has 0 fully saturated rings. The fourth-order valence-corrected chi connectivity index (χ4v) is 0.819. The van der Waals surface area contributed by atoms with Crippen LogP contribution in [0.1, 0.15) is 17.4 Å². The molecule has 6 heteroatoms. The predicted octanol–water partition coefficient (Wildman–Crippen LogP) is -0.897. The summed E-state index contributed by atoms with van der Waals surface area (Å²) in [6, 6.07) is -0.296. The van der Waals surface area contributed by atoms with E-state index in [-0.39, 0.29) is 24.2 Å². The first-order valence-corrected chi connectivity index (χ1v) is 3.85. The van der Waals surface area contributed by atoms with Gasteiger partial charge >= 0.3 is 0 Å². The molecule has 1 rings (SSSR count). The number of aliphatic hydroxyl groups is 1. The first-order chi connectivity index (χ1) is 6.15. The molecule has 72 valence electrons. The van der Waals surface area contributed by atoms with E-state index in [9.17, 15) is 4.79 Å². The number of H-pyrrole nitrogens is 1. The summed E-state index contributed by atoms with van der Waals surface area (Å²) in [7, 11) is 0. The molecular formula is C7H12N4O2. The Labute approximate surface area is 75.1 Å². The maximum atomic E-state index is 11.3. The van der Waals surface area contributed by atoms with Crippen molar-refractivity contribution in [3.63, 3.8) is 0 Å². The Kier molecular flexibility index (Phi) is 2.86. The Bertz CT molecular complexity index is 296. The van der Waals surface area contributed by atoms with E-state index in [1.165, 1.54) is 6.20 Å². The quantitative estimate of drug-likeness (QED) is 0.488. The van der Waals surface area contributed by atoms with Crippen LogP contribution in [0, 0.1) is 0 Å². The van der Waals surface area contributed by atoms with Gasteiger partial charge in [-0.15, -0.1) is 0 Å². The molecule has 5 N–H and O–H groups in total. The number of hydrogen-bond donors (Lipinski definition) is 4. The van der Waals surface area contributed by atoms with Crippen molar-refractivity contribution < 1.29 is 9.90 Å². The fourth-order valence-electron chi connectivity index (χ4n) is 0.819. The highest BCUT2D eigenvalue weighted by molar-refractivity contribution is 5.97. The number of nitrogen functional groups attached to an aromatic ring is 1. The summed E-state index contributed by atoms with van der Waals surface area (Å²) in [5.74, 6) is -0.364. The number of nitrogens with zero attached hydrogens (tertiary/aromatic N) is 1. The number of nitrogens with two attached hydrogens (primary N) is 1. The summed E-state index contributed by atoms with van der Waals surface area (Å²) in [5, 5.41) is 17.3. The van der Waals surface area contributed by atoms with Crippen molar-refractivity contribution in [2.24, 2.45) is 0 Å². The van der Waals surface area contributed by atoms with Gasteiger partial charge in [0.2, 0.25) is 0 Å². The summed E-state index contributed by atoms with van der Waals surface area (Å²) < 4.78 is 0. The molecule has 1 aromatic rings. The van der Waals surface area contributed by atoms with E-state index in [1.54, 1.807) is 6.92 Å². The third kappa shape index (κ3) is 2.19. The van der Waals surface area contributed by atoms with Crippen LogP contribution in [0.25, 0.3) is 0 Å². The fraction of sp³-hybridized carbons (Fsp3) is 0.429. The highest BCUT2D eigenvalue weighted by Crippen LogP contribution is 2.05. The van der Waals surface area contributed by atoms with Crippen molar-refractivity contribution in [3.05, 3.63) is 11.9 Å². The van der Waals surface area contributed by atoms with Gasteiger partial charge in [-0.1, -0.05) is 0 Å². The number of aromatic nitrogens is 2. The molecule has 0 aliphatic rings. The minimum Gasteiger partial charge on any atom is -0.396 e. The molecule has 0 bridgehead atoms. The van der Waals surface area contributed by atoms with Crippen LogP contribution in [0.3, 0.4) is 0 Å². The number of aromatic amines is 1. The van der Waals surface area contributed by atoms with Crippen molar-refractivity contribution in [1.82, 2.24) is 15.5 Å². The minimum atomic E-state index is -0.364. The molecular weight excluding hydrogens is 172 g/mol. The van der Waals surface area contributed by atoms with Crippen LogP contribution in [-0.2, 0) is 0 Å². The molecule has 0 spiro atoms. The van der Waals surface area contributed by atoms with Crippen molar-refractivity contribution in [2.45, 2.75) is 13.0 Å². The van der Waals surface area contributed by atoms with Gasteiger partial charge in [0.25, 0.3) is 5.91 Å². The van der Waals surface area contributed by atoms with Crippen LogP contribution in [0.15, 0.2) is 6.20 Å². The van der Waals surface area contributed by atoms with Crippen molar-refractivity contribution in [1.29, 1.82) is 0 Å². The first kappa shape index (κ1) is 9.53. The number of amides is 1. The van der Waals surface area contributed by atoms with Crippen LogP contribution < -0.4 is 11.1 Å². The zero-order valence-corrected chi connectivity index (χ0v) is 7.24. The molecule has 1 amide bonds. The maximum Gasteiger partial charge on any atom is 0.271 e. The smallest absolute Gasteiger partial charge is 0.271 e. The van der Waals surface area contributed by atoms with Gasteiger partial charge in [0.1, 0.15) is 5.69 Å². The van der Waals surface area contributed by atoms with Gasteiger partial charge in [-0.05, 0) is 6.92 Å². The molecule has 0 unspecified atom stereocenters. The van der Waals surface area contributed by atoms with Crippen LogP contribution in [-0.4, -0.2) is 33.9 Å². The molecule has 1 atom stereocenters. The average Bonchev–Trinajstić information content (AvgIpc) is 2.51. The largest absolute Gasteiger partial charge is 0.396 e. The lowest BCUT2D eigenvalue weighted by atomic mass is 10.3. The van der Waals surface area contributed by atoms with Crippen LogP contribution in [0.5, 0.6) is 0 Å². The molecule has 6 nitrogen and oxygen atoms in total. The molecule has 0 aromatic carbocycles. The second-order valence-corrected chi connectivity index (χ2v) is 2.76. The van der Waals surface area contributed by atoms with Crippen molar-refractivity contribution >= 4 is 11.6 Å². The van der Waals surface area contributed by atoms with E-state index in [2.05, 4.69) is 15.5 Å². The summed E-state index contributed by atoms with van der Waals surface area (Å²) in [6.07, 6.45) is 1.36. The van der Waals surface area contributed by atoms with Gasteiger partial charge in [0, 0.05) is 6.04 Å². The lowest BCUT2D eigenvalue weighted by Crippen LogP contribution is -2.35. The van der Waals surface area contributed by atoms with Crippen LogP contribution in [0.4, 0.5) is 5.69 Å². The molecule has 0 radical (unpaired) electrons. The topological polar surface area (TPSA) is 104 Å². The molecule has 1 heterocycles. The van der Waals surface area contributed by atoms with E-state index in [1.807, 2.05) is 0 Å². The van der Waals surface area contributed by atoms with Gasteiger partial charge in [-0.25, -0.2) is 0 Å². The number of anilines is 1. The normalized spacial score (nSPS) is 12.5. The SMILES string of the molecule is C[C@@H](CO)NC(=O)c1[nH]ncc1N. The van der Waals surface area contributed by atoms with Gasteiger partial charge in [0.05, 0.1) is 18.5 Å². The Morgan fingerprint density at radius 3 is 3.08 bits per heavy atom. The lowest BCUT2D eigenvalue weighted by molar-refractivity contribution is 0.0918. The van der Waals surface area contributed by atoms with Crippen molar-refractivity contribution in [2.75, 3.05) is 12.3 Å². The number of hydrogen-bond acceptors (Lipinski definition) is 4. The van der Waals surface area contributed by atoms with E-state index < -0.39 is 0 Å². The monoisotopic (exact) mass is 184 g/mol. The van der Waals surface area contributed by atoms with Gasteiger partial charge in [-0.2, -0.15) is 5.10 Å². The minimum absolute atomic E-state index is 0.111. The number of carbonyl (C=O) groups is 1. The lowest BCUT2D eigenvalue weighted by Gasteiger charge is -2.09. The second kappa shape index (κ2) is 3.90. The Morgan fingerprint density at radius 2 is 2.62 bits per heavy atom. The first-order valence-electron chi connectivity index (χ1n) is 3.85. The zero-order valence-electron chi connectivity index (χ0n) is 7.24. The van der Waals surface area contributed by atoms with Gasteiger partial charge in [0.15, 0.2) is 0 Å². The third-order valence-electron chi connectivity index (χ3n) is 1.55. The molecule has 0 saturated carbocycles. The predicted molar refractivity (Wildman–Crippen MR) is 47.0 cm³/mol. The van der Waals surface area contributed by atoms with Gasteiger partial charge in [-0.3, -0.25) is 9.89 Å². The Hall–Kier alpha value is -1.56. The maximum absolute atomic E-state index is 11.3. The van der Waals surface area contributed by atoms with Gasteiger partial charge < -0.3 is 16.2 Å². The van der Waals surface area contributed by atoms with Crippen LogP contribution >= 0.6 is 0 Å². The highest BCUT2D eigenvalue weighted by Gasteiger charge is 2.13. The molecule has 0 aliphatic carbocycles. The number of aliphatic hydroxyl groups excluding tert-OH is 1. The van der Waals surface area contributed by atoms with Crippen LogP contribution in [0.2, 0.25) is 0 Å². The number of rotatable bonds is 3. The summed E-state index contributed by atoms with van der Waals surface area (Å²) in [5.41, 5.74) is 5.96. The number of nitrogens with one attached hydrogen (secondary N) is 2. The highest BCUT2D eigenvalue weighted by atomic mass is 16.3. The summed E-state index contributed by atoms with van der Waals surface area (Å²) in [6.45, 7) is 1.57. The molecule has 0 aliphatic heterocycles. The standard InChI is InChI=1S/C7H12N4O2/c1-4(3-12)10-7(13)6-5(8)2-9-11-6/h2,4,12H,3,8H2,1H3,(H,9,11)(H,10,13)/t4-/m0/s1. The third-order valence-corrected chi connectivity index (χ3v) is 1.55. The van der Waals surface area contributed by atoms with E-state index >= 15 is 0 Å². The molecule has 1 aromatic heterocycles. The Balaban J connectivity index is 2.64. The van der Waals surface area contributed by atoms with E-state index in [0.29, 0.717) is 5.69 Å². The van der Waals surface area contributed by atoms with E-state index in [0.717, 1.165) is 0 Å². The Morgan fingerprint density at radius 1 is 1.92 bits per heavy atom. The summed E-state index contributed by atoms with van der Waals surface area (Å²) >= 11 is 0. The second-order valence-electron chi connectivity index (χ2n) is 2.76.